The SMILES string of the molecule is CC(C)CC(C)C(=O)NCCSSCCC(=O)O.O=C(O)C(F)(F)F. The summed E-state index contributed by atoms with van der Waals surface area (Å²) < 4.78 is 31.7. The number of carbonyl (C=O) groups excluding carboxylic acids is 1. The lowest BCUT2D eigenvalue weighted by atomic mass is 9.98. The molecule has 0 rings (SSSR count). The second kappa shape index (κ2) is 14.1. The second-order valence-electron chi connectivity index (χ2n) is 5.41. The third kappa shape index (κ3) is 19.1. The summed E-state index contributed by atoms with van der Waals surface area (Å²) in [6.07, 6.45) is -3.98. The van der Waals surface area contributed by atoms with E-state index in [1.165, 1.54) is 10.8 Å². The first-order valence-corrected chi connectivity index (χ1v) is 9.90. The molecule has 0 fully saturated rings. The van der Waals surface area contributed by atoms with E-state index in [0.717, 1.165) is 12.2 Å². The molecule has 1 amide bonds. The van der Waals surface area contributed by atoms with Crippen LogP contribution in [0.5, 0.6) is 0 Å². The third-order valence-corrected chi connectivity index (χ3v) is 4.89. The van der Waals surface area contributed by atoms with Crippen molar-refractivity contribution in [1.29, 1.82) is 0 Å². The molecular weight excluding hydrogens is 383 g/mol. The molecular formula is C14H24F3NO5S2. The van der Waals surface area contributed by atoms with Gasteiger partial charge in [-0.05, 0) is 12.3 Å². The van der Waals surface area contributed by atoms with Crippen molar-refractivity contribution in [2.24, 2.45) is 11.8 Å². The van der Waals surface area contributed by atoms with E-state index >= 15 is 0 Å². The average molecular weight is 407 g/mol. The van der Waals surface area contributed by atoms with Crippen molar-refractivity contribution >= 4 is 39.4 Å². The van der Waals surface area contributed by atoms with Gasteiger partial charge in [-0.25, -0.2) is 4.79 Å². The number of amides is 1. The highest BCUT2D eigenvalue weighted by Crippen LogP contribution is 2.21. The summed E-state index contributed by atoms with van der Waals surface area (Å²) in [5, 5.41) is 18.5. The van der Waals surface area contributed by atoms with Crippen molar-refractivity contribution in [3.8, 4) is 0 Å². The van der Waals surface area contributed by atoms with E-state index < -0.39 is 18.1 Å². The molecule has 0 aliphatic heterocycles. The van der Waals surface area contributed by atoms with E-state index in [1.807, 2.05) is 6.92 Å². The van der Waals surface area contributed by atoms with Crippen molar-refractivity contribution < 1.29 is 37.8 Å². The Balaban J connectivity index is 0. The molecule has 0 saturated heterocycles. The molecule has 0 aliphatic carbocycles. The number of carbonyl (C=O) groups is 3. The summed E-state index contributed by atoms with van der Waals surface area (Å²) >= 11 is 0. The maximum atomic E-state index is 11.7. The van der Waals surface area contributed by atoms with Gasteiger partial charge in [-0.2, -0.15) is 13.2 Å². The number of halogens is 3. The van der Waals surface area contributed by atoms with Gasteiger partial charge in [0, 0.05) is 24.0 Å². The number of carboxylic acids is 2. The lowest BCUT2D eigenvalue weighted by Gasteiger charge is -2.13. The predicted molar refractivity (Wildman–Crippen MR) is 92.5 cm³/mol. The number of aliphatic carboxylic acids is 2. The molecule has 1 atom stereocenters. The van der Waals surface area contributed by atoms with Gasteiger partial charge >= 0.3 is 18.1 Å². The molecule has 0 heterocycles. The first-order chi connectivity index (χ1) is 11.4. The second-order valence-corrected chi connectivity index (χ2v) is 8.11. The third-order valence-electron chi connectivity index (χ3n) is 2.48. The van der Waals surface area contributed by atoms with Gasteiger partial charge in [0.2, 0.25) is 5.91 Å². The minimum Gasteiger partial charge on any atom is -0.481 e. The summed E-state index contributed by atoms with van der Waals surface area (Å²) in [6.45, 7) is 6.81. The van der Waals surface area contributed by atoms with Gasteiger partial charge in [0.15, 0.2) is 0 Å². The molecule has 0 radical (unpaired) electrons. The van der Waals surface area contributed by atoms with Crippen molar-refractivity contribution in [1.82, 2.24) is 5.32 Å². The Labute approximate surface area is 152 Å². The van der Waals surface area contributed by atoms with Crippen LogP contribution in [0.2, 0.25) is 0 Å². The fourth-order valence-electron chi connectivity index (χ4n) is 1.45. The van der Waals surface area contributed by atoms with Gasteiger partial charge in [-0.15, -0.1) is 0 Å². The zero-order chi connectivity index (χ0) is 20.0. The van der Waals surface area contributed by atoms with Crippen LogP contribution in [0.1, 0.15) is 33.6 Å². The molecule has 0 saturated carbocycles. The van der Waals surface area contributed by atoms with Crippen LogP contribution < -0.4 is 5.32 Å². The number of alkyl halides is 3. The fourth-order valence-corrected chi connectivity index (χ4v) is 3.34. The molecule has 11 heteroatoms. The van der Waals surface area contributed by atoms with E-state index in [-0.39, 0.29) is 18.2 Å². The number of hydrogen-bond acceptors (Lipinski definition) is 5. The van der Waals surface area contributed by atoms with Crippen LogP contribution in [0, 0.1) is 11.8 Å². The highest BCUT2D eigenvalue weighted by atomic mass is 33.1. The standard InChI is InChI=1S/C12H23NO3S2.C2HF3O2/c1-9(2)8-10(3)12(16)13-5-7-18-17-6-4-11(14)15;3-2(4,5)1(6)7/h9-10H,4-8H2,1-3H3,(H,13,16)(H,14,15);(H,6,7). The van der Waals surface area contributed by atoms with Crippen molar-refractivity contribution in [3.05, 3.63) is 0 Å². The highest BCUT2D eigenvalue weighted by molar-refractivity contribution is 8.76. The van der Waals surface area contributed by atoms with E-state index in [4.69, 9.17) is 15.0 Å². The monoisotopic (exact) mass is 407 g/mol. The Kier molecular flexibility index (Phi) is 14.7. The quantitative estimate of drug-likeness (QED) is 0.377. The van der Waals surface area contributed by atoms with Crippen LogP contribution in [0.25, 0.3) is 0 Å². The smallest absolute Gasteiger partial charge is 0.481 e. The van der Waals surface area contributed by atoms with Crippen LogP contribution in [-0.4, -0.2) is 52.3 Å². The molecule has 3 N–H and O–H groups in total. The normalized spacial score (nSPS) is 12.1. The zero-order valence-electron chi connectivity index (χ0n) is 14.3. The van der Waals surface area contributed by atoms with E-state index in [1.54, 1.807) is 10.8 Å². The largest absolute Gasteiger partial charge is 0.490 e. The Bertz CT molecular complexity index is 420. The lowest BCUT2D eigenvalue weighted by molar-refractivity contribution is -0.192. The molecule has 25 heavy (non-hydrogen) atoms. The van der Waals surface area contributed by atoms with Gasteiger partial charge in [0.1, 0.15) is 0 Å². The van der Waals surface area contributed by atoms with Crippen molar-refractivity contribution in [2.45, 2.75) is 39.8 Å². The lowest BCUT2D eigenvalue weighted by Crippen LogP contribution is -2.31. The highest BCUT2D eigenvalue weighted by Gasteiger charge is 2.38. The maximum Gasteiger partial charge on any atom is 0.490 e. The van der Waals surface area contributed by atoms with Gasteiger partial charge in [-0.3, -0.25) is 9.59 Å². The van der Waals surface area contributed by atoms with Gasteiger partial charge in [0.25, 0.3) is 0 Å². The molecule has 0 aromatic heterocycles. The first-order valence-electron chi connectivity index (χ1n) is 7.41. The fraction of sp³-hybridized carbons (Fsp3) is 0.786. The van der Waals surface area contributed by atoms with Crippen LogP contribution in [0.15, 0.2) is 0 Å². The van der Waals surface area contributed by atoms with Crippen LogP contribution >= 0.6 is 21.6 Å². The number of hydrogen-bond donors (Lipinski definition) is 3. The van der Waals surface area contributed by atoms with E-state index in [9.17, 15) is 22.8 Å². The van der Waals surface area contributed by atoms with Crippen molar-refractivity contribution in [2.75, 3.05) is 18.1 Å². The summed E-state index contributed by atoms with van der Waals surface area (Å²) in [4.78, 5) is 30.8. The number of nitrogens with one attached hydrogen (secondary N) is 1. The van der Waals surface area contributed by atoms with E-state index in [2.05, 4.69) is 19.2 Å². The Morgan fingerprint density at radius 1 is 1.04 bits per heavy atom. The van der Waals surface area contributed by atoms with E-state index in [0.29, 0.717) is 18.2 Å². The summed E-state index contributed by atoms with van der Waals surface area (Å²) in [6, 6.07) is 0. The minimum absolute atomic E-state index is 0.0645. The van der Waals surface area contributed by atoms with Crippen LogP contribution in [-0.2, 0) is 14.4 Å². The number of carboxylic acid groups (broad SMARTS) is 2. The molecule has 0 aromatic carbocycles. The molecule has 1 unspecified atom stereocenters. The van der Waals surface area contributed by atoms with Gasteiger partial charge in [-0.1, -0.05) is 42.4 Å². The molecule has 0 aromatic rings. The van der Waals surface area contributed by atoms with Crippen LogP contribution in [0.4, 0.5) is 13.2 Å². The topological polar surface area (TPSA) is 104 Å². The maximum absolute atomic E-state index is 11.7. The van der Waals surface area contributed by atoms with Gasteiger partial charge in [0.05, 0.1) is 6.42 Å². The summed E-state index contributed by atoms with van der Waals surface area (Å²) in [5.74, 6) is -1.39. The Morgan fingerprint density at radius 2 is 1.52 bits per heavy atom. The summed E-state index contributed by atoms with van der Waals surface area (Å²) in [5.41, 5.74) is 0. The Morgan fingerprint density at radius 3 is 1.92 bits per heavy atom. The molecule has 0 bridgehead atoms. The summed E-state index contributed by atoms with van der Waals surface area (Å²) in [7, 11) is 3.14. The van der Waals surface area contributed by atoms with Gasteiger partial charge < -0.3 is 15.5 Å². The average Bonchev–Trinajstić information content (AvgIpc) is 2.44. The Hall–Kier alpha value is -1.10. The zero-order valence-corrected chi connectivity index (χ0v) is 15.9. The molecule has 6 nitrogen and oxygen atoms in total. The van der Waals surface area contributed by atoms with Crippen LogP contribution in [0.3, 0.4) is 0 Å². The number of rotatable bonds is 10. The first kappa shape index (κ1) is 26.1. The molecule has 0 aliphatic rings. The predicted octanol–water partition coefficient (Wildman–Crippen LogP) is 3.27. The van der Waals surface area contributed by atoms with Crippen molar-refractivity contribution in [3.63, 3.8) is 0 Å². The molecule has 0 spiro atoms. The molecule has 148 valence electrons. The minimum atomic E-state index is -5.08.